The Morgan fingerprint density at radius 2 is 2.00 bits per heavy atom. The van der Waals surface area contributed by atoms with E-state index in [4.69, 9.17) is 22.1 Å². The van der Waals surface area contributed by atoms with Crippen LogP contribution < -0.4 is 10.5 Å². The number of rotatable bonds is 3. The lowest BCUT2D eigenvalue weighted by molar-refractivity contribution is -0.113. The lowest BCUT2D eigenvalue weighted by Crippen LogP contribution is -2.04. The van der Waals surface area contributed by atoms with Crippen molar-refractivity contribution in [1.82, 2.24) is 0 Å². The Labute approximate surface area is 75.1 Å². The number of nitrogen functional groups attached to an aromatic ring is 1. The highest BCUT2D eigenvalue weighted by Gasteiger charge is 1.97. The van der Waals surface area contributed by atoms with Crippen molar-refractivity contribution in [2.24, 2.45) is 0 Å². The van der Waals surface area contributed by atoms with Crippen LogP contribution in [0.3, 0.4) is 0 Å². The van der Waals surface area contributed by atoms with Gasteiger partial charge in [0.1, 0.15) is 5.75 Å². The first-order chi connectivity index (χ1) is 5.68. The molecule has 0 amide bonds. The molecule has 1 aromatic carbocycles. The van der Waals surface area contributed by atoms with E-state index in [0.29, 0.717) is 11.4 Å². The van der Waals surface area contributed by atoms with E-state index in [0.717, 1.165) is 0 Å². The fourth-order valence-electron chi connectivity index (χ4n) is 0.704. The van der Waals surface area contributed by atoms with Crippen LogP contribution in [0, 0.1) is 0 Å². The molecule has 0 atom stereocenters. The Bertz CT molecular complexity index is 271. The monoisotopic (exact) mass is 185 g/mol. The van der Waals surface area contributed by atoms with Gasteiger partial charge in [0.25, 0.3) is 5.24 Å². The lowest BCUT2D eigenvalue weighted by Gasteiger charge is -2.01. The number of ether oxygens (including phenoxy) is 1. The first kappa shape index (κ1) is 8.87. The van der Waals surface area contributed by atoms with Crippen LogP contribution in [0.4, 0.5) is 5.69 Å². The first-order valence-corrected chi connectivity index (χ1v) is 3.73. The molecule has 1 aromatic rings. The molecule has 0 unspecified atom stereocenters. The van der Waals surface area contributed by atoms with Gasteiger partial charge in [0, 0.05) is 5.69 Å². The average molecular weight is 186 g/mol. The molecule has 0 radical (unpaired) electrons. The SMILES string of the molecule is Nc1ccc(OCC(=O)Cl)cc1. The van der Waals surface area contributed by atoms with Crippen molar-refractivity contribution in [1.29, 1.82) is 0 Å². The summed E-state index contributed by atoms with van der Waals surface area (Å²) in [6.07, 6.45) is 0. The van der Waals surface area contributed by atoms with E-state index < -0.39 is 5.24 Å². The summed E-state index contributed by atoms with van der Waals surface area (Å²) >= 11 is 5.07. The summed E-state index contributed by atoms with van der Waals surface area (Å²) in [5.74, 6) is 0.582. The van der Waals surface area contributed by atoms with Crippen LogP contribution in [0.1, 0.15) is 0 Å². The maximum absolute atomic E-state index is 10.3. The van der Waals surface area contributed by atoms with Gasteiger partial charge in [-0.1, -0.05) is 0 Å². The van der Waals surface area contributed by atoms with E-state index in [9.17, 15) is 4.79 Å². The van der Waals surface area contributed by atoms with Gasteiger partial charge in [-0.15, -0.1) is 0 Å². The molecule has 0 aliphatic carbocycles. The van der Waals surface area contributed by atoms with Gasteiger partial charge >= 0.3 is 0 Å². The van der Waals surface area contributed by atoms with Crippen LogP contribution in [0.5, 0.6) is 5.75 Å². The van der Waals surface area contributed by atoms with E-state index in [-0.39, 0.29) is 6.61 Å². The van der Waals surface area contributed by atoms with Crippen LogP contribution in [-0.2, 0) is 4.79 Å². The summed E-state index contributed by atoms with van der Waals surface area (Å²) in [5.41, 5.74) is 6.09. The number of nitrogens with two attached hydrogens (primary N) is 1. The standard InChI is InChI=1S/C8H8ClNO2/c9-8(11)5-12-7-3-1-6(10)2-4-7/h1-4H,5,10H2. The van der Waals surface area contributed by atoms with Gasteiger partial charge in [0.15, 0.2) is 6.61 Å². The molecule has 0 saturated carbocycles. The Morgan fingerprint density at radius 1 is 1.42 bits per heavy atom. The van der Waals surface area contributed by atoms with Crippen molar-refractivity contribution in [2.45, 2.75) is 0 Å². The molecule has 1 rings (SSSR count). The molecule has 2 N–H and O–H groups in total. The molecule has 0 aliphatic rings. The van der Waals surface area contributed by atoms with Gasteiger partial charge in [-0.2, -0.15) is 0 Å². The fraction of sp³-hybridized carbons (Fsp3) is 0.125. The quantitative estimate of drug-likeness (QED) is 0.572. The minimum absolute atomic E-state index is 0.120. The zero-order valence-corrected chi connectivity index (χ0v) is 7.04. The van der Waals surface area contributed by atoms with Crippen molar-refractivity contribution < 1.29 is 9.53 Å². The second-order valence-corrected chi connectivity index (χ2v) is 2.63. The van der Waals surface area contributed by atoms with Crippen molar-refractivity contribution in [3.05, 3.63) is 24.3 Å². The van der Waals surface area contributed by atoms with Gasteiger partial charge in [0.05, 0.1) is 0 Å². The van der Waals surface area contributed by atoms with Crippen molar-refractivity contribution >= 4 is 22.5 Å². The van der Waals surface area contributed by atoms with E-state index >= 15 is 0 Å². The predicted octanol–water partition coefficient (Wildman–Crippen LogP) is 1.41. The summed E-state index contributed by atoms with van der Waals surface area (Å²) in [4.78, 5) is 10.3. The third kappa shape index (κ3) is 2.80. The largest absolute Gasteiger partial charge is 0.484 e. The number of hydrogen-bond donors (Lipinski definition) is 1. The summed E-state index contributed by atoms with van der Waals surface area (Å²) < 4.78 is 4.99. The van der Waals surface area contributed by atoms with Gasteiger partial charge in [-0.05, 0) is 35.9 Å². The Morgan fingerprint density at radius 3 is 2.50 bits per heavy atom. The average Bonchev–Trinajstić information content (AvgIpc) is 2.03. The predicted molar refractivity (Wildman–Crippen MR) is 47.2 cm³/mol. The fourth-order valence-corrected chi connectivity index (χ4v) is 0.759. The minimum atomic E-state index is -0.521. The minimum Gasteiger partial charge on any atom is -0.484 e. The zero-order valence-electron chi connectivity index (χ0n) is 6.29. The van der Waals surface area contributed by atoms with Gasteiger partial charge in [-0.3, -0.25) is 4.79 Å². The van der Waals surface area contributed by atoms with Crippen molar-refractivity contribution in [3.63, 3.8) is 0 Å². The highest BCUT2D eigenvalue weighted by atomic mass is 35.5. The zero-order chi connectivity index (χ0) is 8.97. The number of hydrogen-bond acceptors (Lipinski definition) is 3. The second kappa shape index (κ2) is 3.97. The molecule has 3 nitrogen and oxygen atoms in total. The smallest absolute Gasteiger partial charge is 0.259 e. The molecule has 0 aliphatic heterocycles. The van der Waals surface area contributed by atoms with Gasteiger partial charge < -0.3 is 10.5 Å². The normalized spacial score (nSPS) is 9.42. The summed E-state index contributed by atoms with van der Waals surface area (Å²) in [5, 5.41) is -0.521. The molecular weight excluding hydrogens is 178 g/mol. The molecule has 0 heterocycles. The number of carbonyl (C=O) groups excluding carboxylic acids is 1. The Hall–Kier alpha value is -1.22. The summed E-state index contributed by atoms with van der Waals surface area (Å²) in [6.45, 7) is -0.120. The van der Waals surface area contributed by atoms with Crippen LogP contribution in [0.2, 0.25) is 0 Å². The first-order valence-electron chi connectivity index (χ1n) is 3.35. The van der Waals surface area contributed by atoms with Crippen LogP contribution in [0.25, 0.3) is 0 Å². The van der Waals surface area contributed by atoms with Gasteiger partial charge in [0.2, 0.25) is 0 Å². The van der Waals surface area contributed by atoms with Crippen LogP contribution in [-0.4, -0.2) is 11.8 Å². The highest BCUT2D eigenvalue weighted by molar-refractivity contribution is 6.63. The second-order valence-electron chi connectivity index (χ2n) is 2.21. The molecular formula is C8H8ClNO2. The molecule has 0 fully saturated rings. The van der Waals surface area contributed by atoms with E-state index in [1.807, 2.05) is 0 Å². The van der Waals surface area contributed by atoms with Crippen LogP contribution in [0.15, 0.2) is 24.3 Å². The number of carbonyl (C=O) groups is 1. The van der Waals surface area contributed by atoms with Crippen molar-refractivity contribution in [2.75, 3.05) is 12.3 Å². The lowest BCUT2D eigenvalue weighted by atomic mass is 10.3. The van der Waals surface area contributed by atoms with E-state index in [1.165, 1.54) is 0 Å². The summed E-state index contributed by atoms with van der Waals surface area (Å²) in [7, 11) is 0. The number of anilines is 1. The summed E-state index contributed by atoms with van der Waals surface area (Å²) in [6, 6.07) is 6.73. The molecule has 0 saturated heterocycles. The number of benzene rings is 1. The Balaban J connectivity index is 2.53. The van der Waals surface area contributed by atoms with Crippen LogP contribution >= 0.6 is 11.6 Å². The van der Waals surface area contributed by atoms with Crippen molar-refractivity contribution in [3.8, 4) is 5.75 Å². The van der Waals surface area contributed by atoms with E-state index in [1.54, 1.807) is 24.3 Å². The third-order valence-electron chi connectivity index (χ3n) is 1.23. The third-order valence-corrected chi connectivity index (χ3v) is 1.34. The maximum atomic E-state index is 10.3. The highest BCUT2D eigenvalue weighted by Crippen LogP contribution is 2.12. The molecule has 64 valence electrons. The molecule has 0 aromatic heterocycles. The van der Waals surface area contributed by atoms with E-state index in [2.05, 4.69) is 0 Å². The maximum Gasteiger partial charge on any atom is 0.259 e. The molecule has 0 spiro atoms. The number of halogens is 1. The Kier molecular flexibility index (Phi) is 2.94. The topological polar surface area (TPSA) is 52.3 Å². The van der Waals surface area contributed by atoms with Gasteiger partial charge in [-0.25, -0.2) is 0 Å². The molecule has 12 heavy (non-hydrogen) atoms. The molecule has 0 bridgehead atoms. The molecule has 4 heteroatoms.